The minimum Gasteiger partial charge on any atom is -0.338 e. The lowest BCUT2D eigenvalue weighted by molar-refractivity contribution is -0.137. The molecule has 4 aromatic rings. The van der Waals surface area contributed by atoms with E-state index in [1.807, 2.05) is 6.92 Å². The first kappa shape index (κ1) is 20.6. The predicted octanol–water partition coefficient (Wildman–Crippen LogP) is 7.53. The fourth-order valence-corrected chi connectivity index (χ4v) is 4.45. The fourth-order valence-electron chi connectivity index (χ4n) is 3.20. The summed E-state index contributed by atoms with van der Waals surface area (Å²) in [6, 6.07) is 9.05. The van der Waals surface area contributed by atoms with Gasteiger partial charge in [-0.25, -0.2) is 14.4 Å². The van der Waals surface area contributed by atoms with Crippen LogP contribution in [-0.4, -0.2) is 9.97 Å². The van der Waals surface area contributed by atoms with E-state index < -0.39 is 11.7 Å². The molecule has 30 heavy (non-hydrogen) atoms. The number of nitrogens with one attached hydrogen (secondary N) is 1. The number of benzene rings is 2. The summed E-state index contributed by atoms with van der Waals surface area (Å²) in [7, 11) is 0. The molecule has 154 valence electrons. The van der Waals surface area contributed by atoms with Crippen LogP contribution in [0.15, 0.2) is 42.5 Å². The molecule has 9 heteroatoms. The number of aromatic nitrogens is 2. The summed E-state index contributed by atoms with van der Waals surface area (Å²) in [6.45, 7) is 3.60. The van der Waals surface area contributed by atoms with Gasteiger partial charge in [-0.15, -0.1) is 11.3 Å². The highest BCUT2D eigenvalue weighted by molar-refractivity contribution is 7.19. The lowest BCUT2D eigenvalue weighted by Gasteiger charge is -2.14. The maximum absolute atomic E-state index is 13.4. The summed E-state index contributed by atoms with van der Waals surface area (Å²) >= 11 is 7.58. The molecule has 0 atom stereocenters. The van der Waals surface area contributed by atoms with Gasteiger partial charge >= 0.3 is 6.18 Å². The number of fused-ring (bicyclic) bond motifs is 1. The highest BCUT2D eigenvalue weighted by Gasteiger charge is 2.31. The number of anilines is 2. The van der Waals surface area contributed by atoms with E-state index in [9.17, 15) is 17.6 Å². The van der Waals surface area contributed by atoms with Crippen molar-refractivity contribution in [1.29, 1.82) is 0 Å². The normalized spacial score (nSPS) is 11.8. The Morgan fingerprint density at radius 2 is 1.70 bits per heavy atom. The quantitative estimate of drug-likeness (QED) is 0.327. The van der Waals surface area contributed by atoms with Crippen molar-refractivity contribution in [2.45, 2.75) is 20.0 Å². The van der Waals surface area contributed by atoms with Crippen molar-refractivity contribution in [3.8, 4) is 11.1 Å². The molecule has 1 N–H and O–H groups in total. The van der Waals surface area contributed by atoms with Crippen molar-refractivity contribution in [3.63, 3.8) is 0 Å². The molecular formula is C21H14ClF4N3S. The molecular weight excluding hydrogens is 438 g/mol. The Balaban J connectivity index is 1.91. The van der Waals surface area contributed by atoms with Gasteiger partial charge in [0.05, 0.1) is 21.7 Å². The SMILES string of the molecule is Cc1nc(Nc2cc(C(F)(F)F)ccc2Cl)c2c(-c3ccc(F)cc3)c(C)sc2n1. The van der Waals surface area contributed by atoms with Crippen LogP contribution in [0.1, 0.15) is 16.3 Å². The summed E-state index contributed by atoms with van der Waals surface area (Å²) in [4.78, 5) is 10.5. The zero-order chi connectivity index (χ0) is 21.6. The van der Waals surface area contributed by atoms with Crippen LogP contribution >= 0.6 is 22.9 Å². The van der Waals surface area contributed by atoms with Crippen LogP contribution in [-0.2, 0) is 6.18 Å². The molecule has 0 spiro atoms. The van der Waals surface area contributed by atoms with Crippen molar-refractivity contribution in [2.75, 3.05) is 5.32 Å². The number of hydrogen-bond donors (Lipinski definition) is 1. The Morgan fingerprint density at radius 1 is 1.00 bits per heavy atom. The van der Waals surface area contributed by atoms with Crippen molar-refractivity contribution < 1.29 is 17.6 Å². The van der Waals surface area contributed by atoms with Crippen LogP contribution in [0.4, 0.5) is 29.1 Å². The maximum atomic E-state index is 13.4. The number of nitrogens with zero attached hydrogens (tertiary/aromatic N) is 2. The Morgan fingerprint density at radius 3 is 2.37 bits per heavy atom. The third-order valence-corrected chi connectivity index (χ3v) is 5.85. The molecule has 2 aromatic carbocycles. The number of halogens is 5. The van der Waals surface area contributed by atoms with Crippen LogP contribution in [0.2, 0.25) is 5.02 Å². The molecule has 0 radical (unpaired) electrons. The molecule has 3 nitrogen and oxygen atoms in total. The molecule has 4 rings (SSSR count). The van der Waals surface area contributed by atoms with Gasteiger partial charge in [0.25, 0.3) is 0 Å². The standard InChI is InChI=1S/C21H14ClF4N3S/c1-10-17(12-3-6-14(23)7-4-12)18-19(27-11(2)28-20(18)30-10)29-16-9-13(21(24,25)26)5-8-15(16)22/h3-9H,1-2H3,(H,27,28,29). The van der Waals surface area contributed by atoms with Gasteiger partial charge in [-0.05, 0) is 49.7 Å². The van der Waals surface area contributed by atoms with Crippen molar-refractivity contribution in [3.05, 3.63) is 69.6 Å². The van der Waals surface area contributed by atoms with Gasteiger partial charge < -0.3 is 5.32 Å². The number of hydrogen-bond acceptors (Lipinski definition) is 4. The Labute approximate surface area is 178 Å². The van der Waals surface area contributed by atoms with Crippen LogP contribution in [0, 0.1) is 19.7 Å². The molecule has 0 bridgehead atoms. The number of alkyl halides is 3. The van der Waals surface area contributed by atoms with Crippen LogP contribution in [0.5, 0.6) is 0 Å². The maximum Gasteiger partial charge on any atom is 0.416 e. The Bertz CT molecular complexity index is 1250. The number of aryl methyl sites for hydroxylation is 2. The summed E-state index contributed by atoms with van der Waals surface area (Å²) in [5.41, 5.74) is 0.808. The van der Waals surface area contributed by atoms with Crippen LogP contribution in [0.3, 0.4) is 0 Å². The fraction of sp³-hybridized carbons (Fsp3) is 0.143. The van der Waals surface area contributed by atoms with Gasteiger partial charge in [-0.1, -0.05) is 23.7 Å². The van der Waals surface area contributed by atoms with Crippen LogP contribution < -0.4 is 5.32 Å². The summed E-state index contributed by atoms with van der Waals surface area (Å²) in [6.07, 6.45) is -4.50. The monoisotopic (exact) mass is 451 g/mol. The van der Waals surface area contributed by atoms with E-state index in [0.717, 1.165) is 28.1 Å². The minimum absolute atomic E-state index is 0.0831. The predicted molar refractivity (Wildman–Crippen MR) is 112 cm³/mol. The van der Waals surface area contributed by atoms with Gasteiger partial charge in [0.2, 0.25) is 0 Å². The molecule has 0 aliphatic rings. The van der Waals surface area contributed by atoms with Gasteiger partial charge in [0, 0.05) is 10.4 Å². The molecule has 0 aliphatic heterocycles. The second-order valence-corrected chi connectivity index (χ2v) is 8.27. The minimum atomic E-state index is -4.50. The Hall–Kier alpha value is -2.71. The molecule has 0 saturated carbocycles. The van der Waals surface area contributed by atoms with Gasteiger partial charge in [-0.3, -0.25) is 0 Å². The molecule has 2 aromatic heterocycles. The lowest BCUT2D eigenvalue weighted by atomic mass is 10.0. The second kappa shape index (κ2) is 7.52. The van der Waals surface area contributed by atoms with E-state index in [1.165, 1.54) is 29.5 Å². The number of thiophene rings is 1. The average molecular weight is 452 g/mol. The van der Waals surface area contributed by atoms with E-state index >= 15 is 0 Å². The summed E-state index contributed by atoms with van der Waals surface area (Å²) in [5.74, 6) is 0.430. The molecule has 0 fully saturated rings. The largest absolute Gasteiger partial charge is 0.416 e. The molecule has 0 unspecified atom stereocenters. The van der Waals surface area contributed by atoms with E-state index in [-0.39, 0.29) is 16.5 Å². The van der Waals surface area contributed by atoms with Gasteiger partial charge in [0.15, 0.2) is 0 Å². The zero-order valence-electron chi connectivity index (χ0n) is 15.7. The van der Waals surface area contributed by atoms with Gasteiger partial charge in [0.1, 0.15) is 22.3 Å². The van der Waals surface area contributed by atoms with E-state index in [2.05, 4.69) is 15.3 Å². The zero-order valence-corrected chi connectivity index (χ0v) is 17.3. The van der Waals surface area contributed by atoms with Crippen molar-refractivity contribution >= 4 is 44.7 Å². The first-order chi connectivity index (χ1) is 14.1. The van der Waals surface area contributed by atoms with E-state index in [1.54, 1.807) is 19.1 Å². The van der Waals surface area contributed by atoms with Crippen molar-refractivity contribution in [1.82, 2.24) is 9.97 Å². The first-order valence-electron chi connectivity index (χ1n) is 8.81. The third kappa shape index (κ3) is 3.85. The van der Waals surface area contributed by atoms with Crippen LogP contribution in [0.25, 0.3) is 21.3 Å². The number of rotatable bonds is 3. The first-order valence-corrected chi connectivity index (χ1v) is 10.0. The van der Waals surface area contributed by atoms with E-state index in [4.69, 9.17) is 11.6 Å². The lowest BCUT2D eigenvalue weighted by Crippen LogP contribution is -2.06. The van der Waals surface area contributed by atoms with Gasteiger partial charge in [-0.2, -0.15) is 13.2 Å². The Kier molecular flexibility index (Phi) is 5.15. The molecule has 2 heterocycles. The second-order valence-electron chi connectivity index (χ2n) is 6.66. The molecule has 0 saturated heterocycles. The molecule has 0 aliphatic carbocycles. The highest BCUT2D eigenvalue weighted by atomic mass is 35.5. The third-order valence-electron chi connectivity index (χ3n) is 4.52. The smallest absolute Gasteiger partial charge is 0.338 e. The summed E-state index contributed by atoms with van der Waals surface area (Å²) in [5, 5.41) is 3.72. The molecule has 0 amide bonds. The summed E-state index contributed by atoms with van der Waals surface area (Å²) < 4.78 is 52.9. The average Bonchev–Trinajstić information content (AvgIpc) is 2.99. The highest BCUT2D eigenvalue weighted by Crippen LogP contribution is 2.42. The van der Waals surface area contributed by atoms with Crippen molar-refractivity contribution in [2.24, 2.45) is 0 Å². The topological polar surface area (TPSA) is 37.8 Å². The van der Waals surface area contributed by atoms with E-state index in [0.29, 0.717) is 21.9 Å².